The second-order valence-corrected chi connectivity index (χ2v) is 4.70. The molecule has 3 rings (SSSR count). The Labute approximate surface area is 113 Å². The Morgan fingerprint density at radius 2 is 1.37 bits per heavy atom. The highest BCUT2D eigenvalue weighted by Crippen LogP contribution is 2.27. The highest BCUT2D eigenvalue weighted by atomic mass is 14.6. The van der Waals surface area contributed by atoms with E-state index in [9.17, 15) is 0 Å². The third kappa shape index (κ3) is 2.55. The van der Waals surface area contributed by atoms with Crippen LogP contribution in [0.4, 0.5) is 0 Å². The largest absolute Gasteiger partial charge is 0.264 e. The van der Waals surface area contributed by atoms with Crippen LogP contribution in [0.15, 0.2) is 73.1 Å². The molecule has 0 spiro atoms. The van der Waals surface area contributed by atoms with Gasteiger partial charge in [0.15, 0.2) is 0 Å². The number of aryl methyl sites for hydroxylation is 1. The van der Waals surface area contributed by atoms with Crippen molar-refractivity contribution in [3.8, 4) is 22.3 Å². The number of hydrogen-bond donors (Lipinski definition) is 0. The molecule has 19 heavy (non-hydrogen) atoms. The molecule has 1 heteroatoms. The molecule has 0 unspecified atom stereocenters. The second-order valence-electron chi connectivity index (χ2n) is 4.70. The van der Waals surface area contributed by atoms with E-state index in [1.54, 1.807) is 6.20 Å². The van der Waals surface area contributed by atoms with Crippen LogP contribution in [0.5, 0.6) is 0 Å². The Bertz CT molecular complexity index is 615. The van der Waals surface area contributed by atoms with Gasteiger partial charge in [-0.05, 0) is 41.3 Å². The molecule has 0 fully saturated rings. The van der Waals surface area contributed by atoms with Crippen LogP contribution in [0.1, 0.15) is 5.56 Å². The minimum Gasteiger partial charge on any atom is -0.264 e. The summed E-state index contributed by atoms with van der Waals surface area (Å²) in [5, 5.41) is 0. The fourth-order valence-corrected chi connectivity index (χ4v) is 2.28. The van der Waals surface area contributed by atoms with Crippen LogP contribution in [0.3, 0.4) is 0 Å². The Morgan fingerprint density at radius 3 is 2.05 bits per heavy atom. The first-order valence-corrected chi connectivity index (χ1v) is 6.40. The van der Waals surface area contributed by atoms with Gasteiger partial charge in [0, 0.05) is 18.0 Å². The van der Waals surface area contributed by atoms with Gasteiger partial charge >= 0.3 is 0 Å². The summed E-state index contributed by atoms with van der Waals surface area (Å²) in [7, 11) is 0. The van der Waals surface area contributed by atoms with Crippen LogP contribution in [-0.4, -0.2) is 4.98 Å². The Kier molecular flexibility index (Phi) is 3.11. The topological polar surface area (TPSA) is 12.9 Å². The maximum Gasteiger partial charge on any atom is 0.0346 e. The molecule has 0 N–H and O–H groups in total. The minimum atomic E-state index is 1.16. The van der Waals surface area contributed by atoms with E-state index in [4.69, 9.17) is 0 Å². The Morgan fingerprint density at radius 1 is 0.684 bits per heavy atom. The fraction of sp³-hybridized carbons (Fsp3) is 0.0556. The van der Waals surface area contributed by atoms with E-state index in [1.165, 1.54) is 22.3 Å². The number of pyridine rings is 1. The average molecular weight is 245 g/mol. The fourth-order valence-electron chi connectivity index (χ4n) is 2.28. The minimum absolute atomic E-state index is 1.16. The van der Waals surface area contributed by atoms with Crippen molar-refractivity contribution < 1.29 is 0 Å². The van der Waals surface area contributed by atoms with Crippen molar-refractivity contribution in [3.05, 3.63) is 78.6 Å². The summed E-state index contributed by atoms with van der Waals surface area (Å²) < 4.78 is 0. The summed E-state index contributed by atoms with van der Waals surface area (Å²) in [6.45, 7) is 2.13. The van der Waals surface area contributed by atoms with Gasteiger partial charge in [0.25, 0.3) is 0 Å². The van der Waals surface area contributed by atoms with E-state index in [-0.39, 0.29) is 0 Å². The first-order valence-electron chi connectivity index (χ1n) is 6.40. The van der Waals surface area contributed by atoms with E-state index in [1.807, 2.05) is 18.3 Å². The lowest BCUT2D eigenvalue weighted by Gasteiger charge is -2.08. The van der Waals surface area contributed by atoms with Crippen LogP contribution in [-0.2, 0) is 0 Å². The predicted molar refractivity (Wildman–Crippen MR) is 79.8 cm³/mol. The van der Waals surface area contributed by atoms with Gasteiger partial charge in [-0.15, -0.1) is 0 Å². The van der Waals surface area contributed by atoms with E-state index >= 15 is 0 Å². The molecule has 0 aliphatic rings. The molecule has 92 valence electrons. The van der Waals surface area contributed by atoms with Crippen LogP contribution in [0.2, 0.25) is 0 Å². The maximum absolute atomic E-state index is 4.19. The molecule has 0 atom stereocenters. The van der Waals surface area contributed by atoms with Gasteiger partial charge in [-0.2, -0.15) is 0 Å². The molecule has 2 aromatic carbocycles. The molecule has 0 bridgehead atoms. The molecular formula is C18H15N. The molecular weight excluding hydrogens is 230 g/mol. The number of aromatic nitrogens is 1. The van der Waals surface area contributed by atoms with Gasteiger partial charge in [-0.3, -0.25) is 4.98 Å². The normalized spacial score (nSPS) is 10.4. The Balaban J connectivity index is 2.12. The monoisotopic (exact) mass is 245 g/mol. The van der Waals surface area contributed by atoms with Crippen molar-refractivity contribution in [1.82, 2.24) is 4.98 Å². The van der Waals surface area contributed by atoms with Gasteiger partial charge in [0.2, 0.25) is 0 Å². The van der Waals surface area contributed by atoms with Crippen LogP contribution in [0, 0.1) is 6.92 Å². The average Bonchev–Trinajstić information content (AvgIpc) is 2.48. The first-order chi connectivity index (χ1) is 9.33. The molecule has 1 aromatic heterocycles. The molecule has 3 aromatic rings. The molecule has 0 radical (unpaired) electrons. The first kappa shape index (κ1) is 11.7. The number of rotatable bonds is 2. The summed E-state index contributed by atoms with van der Waals surface area (Å²) in [5.41, 5.74) is 6.13. The predicted octanol–water partition coefficient (Wildman–Crippen LogP) is 4.72. The molecule has 1 heterocycles. The van der Waals surface area contributed by atoms with Gasteiger partial charge < -0.3 is 0 Å². The zero-order valence-corrected chi connectivity index (χ0v) is 10.9. The second kappa shape index (κ2) is 5.07. The molecule has 0 aliphatic heterocycles. The summed E-state index contributed by atoms with van der Waals surface area (Å²) in [5.74, 6) is 0. The Hall–Kier alpha value is -2.41. The van der Waals surface area contributed by atoms with Crippen LogP contribution >= 0.6 is 0 Å². The van der Waals surface area contributed by atoms with E-state index in [0.717, 1.165) is 5.56 Å². The smallest absolute Gasteiger partial charge is 0.0346 e. The van der Waals surface area contributed by atoms with Crippen LogP contribution in [0.25, 0.3) is 22.3 Å². The number of hydrogen-bond acceptors (Lipinski definition) is 1. The van der Waals surface area contributed by atoms with Gasteiger partial charge in [0.05, 0.1) is 0 Å². The van der Waals surface area contributed by atoms with E-state index < -0.39 is 0 Å². The third-order valence-corrected chi connectivity index (χ3v) is 3.18. The quantitative estimate of drug-likeness (QED) is 0.636. The maximum atomic E-state index is 4.19. The van der Waals surface area contributed by atoms with Crippen molar-refractivity contribution in [2.24, 2.45) is 0 Å². The standard InChI is InChI=1S/C18H15N/c1-14-10-17(15-6-3-2-4-7-15)12-18(11-14)16-8-5-9-19-13-16/h2-13H,1H3. The molecule has 0 saturated carbocycles. The zero-order valence-electron chi connectivity index (χ0n) is 10.9. The third-order valence-electron chi connectivity index (χ3n) is 3.18. The lowest BCUT2D eigenvalue weighted by atomic mass is 9.97. The van der Waals surface area contributed by atoms with Gasteiger partial charge in [-0.1, -0.05) is 48.5 Å². The number of nitrogens with zero attached hydrogens (tertiary/aromatic N) is 1. The van der Waals surface area contributed by atoms with Gasteiger partial charge in [-0.25, -0.2) is 0 Å². The molecule has 1 nitrogen and oxygen atoms in total. The molecule has 0 saturated heterocycles. The van der Waals surface area contributed by atoms with E-state index in [2.05, 4.69) is 60.4 Å². The summed E-state index contributed by atoms with van der Waals surface area (Å²) in [6.07, 6.45) is 3.71. The highest BCUT2D eigenvalue weighted by Gasteiger charge is 2.03. The number of benzene rings is 2. The lowest BCUT2D eigenvalue weighted by Crippen LogP contribution is -1.84. The zero-order chi connectivity index (χ0) is 13.1. The summed E-state index contributed by atoms with van der Waals surface area (Å²) in [6, 6.07) is 21.2. The SMILES string of the molecule is Cc1cc(-c2ccccc2)cc(-c2cccnc2)c1. The van der Waals surface area contributed by atoms with Crippen molar-refractivity contribution in [2.75, 3.05) is 0 Å². The van der Waals surface area contributed by atoms with Gasteiger partial charge in [0.1, 0.15) is 0 Å². The summed E-state index contributed by atoms with van der Waals surface area (Å²) >= 11 is 0. The van der Waals surface area contributed by atoms with Crippen molar-refractivity contribution in [1.29, 1.82) is 0 Å². The highest BCUT2D eigenvalue weighted by molar-refractivity contribution is 5.73. The molecule has 0 aliphatic carbocycles. The lowest BCUT2D eigenvalue weighted by molar-refractivity contribution is 1.33. The van der Waals surface area contributed by atoms with Crippen molar-refractivity contribution in [3.63, 3.8) is 0 Å². The molecule has 0 amide bonds. The van der Waals surface area contributed by atoms with Crippen molar-refractivity contribution >= 4 is 0 Å². The summed E-state index contributed by atoms with van der Waals surface area (Å²) in [4.78, 5) is 4.19. The van der Waals surface area contributed by atoms with E-state index in [0.29, 0.717) is 0 Å². The van der Waals surface area contributed by atoms with Crippen LogP contribution < -0.4 is 0 Å². The van der Waals surface area contributed by atoms with Crippen molar-refractivity contribution in [2.45, 2.75) is 6.92 Å².